The highest BCUT2D eigenvalue weighted by Crippen LogP contribution is 2.26. The van der Waals surface area contributed by atoms with Crippen LogP contribution < -0.4 is 9.64 Å². The Bertz CT molecular complexity index is 857. The van der Waals surface area contributed by atoms with Gasteiger partial charge < -0.3 is 14.4 Å². The van der Waals surface area contributed by atoms with E-state index in [9.17, 15) is 10.5 Å². The van der Waals surface area contributed by atoms with E-state index in [-0.39, 0.29) is 12.5 Å². The van der Waals surface area contributed by atoms with Crippen LogP contribution in [0.1, 0.15) is 18.4 Å². The summed E-state index contributed by atoms with van der Waals surface area (Å²) in [4.78, 5) is 1.81. The molecule has 1 heterocycles. The molecule has 0 spiro atoms. The first-order valence-corrected chi connectivity index (χ1v) is 9.40. The molecule has 3 rings (SSSR count). The van der Waals surface area contributed by atoms with Crippen molar-refractivity contribution < 1.29 is 9.47 Å². The number of ether oxygens (including phenoxy) is 2. The second-order valence-corrected chi connectivity index (χ2v) is 6.64. The van der Waals surface area contributed by atoms with E-state index in [0.29, 0.717) is 25.4 Å². The number of hydrogen-bond acceptors (Lipinski definition) is 5. The summed E-state index contributed by atoms with van der Waals surface area (Å²) in [6.45, 7) is 2.04. The summed E-state index contributed by atoms with van der Waals surface area (Å²) >= 11 is 0. The molecule has 0 saturated carbocycles. The van der Waals surface area contributed by atoms with Crippen LogP contribution in [-0.4, -0.2) is 19.8 Å². The van der Waals surface area contributed by atoms with E-state index in [0.717, 1.165) is 29.8 Å². The van der Waals surface area contributed by atoms with E-state index >= 15 is 0 Å². The third-order valence-electron chi connectivity index (χ3n) is 4.74. The van der Waals surface area contributed by atoms with Crippen LogP contribution in [0, 0.1) is 28.6 Å². The molecule has 5 nitrogen and oxygen atoms in total. The Labute approximate surface area is 166 Å². The summed E-state index contributed by atoms with van der Waals surface area (Å²) in [6.07, 6.45) is 3.48. The molecule has 0 amide bonds. The van der Waals surface area contributed by atoms with E-state index in [1.165, 1.54) is 0 Å². The van der Waals surface area contributed by atoms with Gasteiger partial charge in [-0.2, -0.15) is 10.5 Å². The zero-order chi connectivity index (χ0) is 19.6. The van der Waals surface area contributed by atoms with Gasteiger partial charge in [-0.05, 0) is 48.6 Å². The second-order valence-electron chi connectivity index (χ2n) is 6.64. The molecule has 28 heavy (non-hydrogen) atoms. The lowest BCUT2D eigenvalue weighted by atomic mass is 9.92. The van der Waals surface area contributed by atoms with Gasteiger partial charge in [0.1, 0.15) is 18.9 Å². The lowest BCUT2D eigenvalue weighted by Crippen LogP contribution is -2.21. The van der Waals surface area contributed by atoms with Crippen LogP contribution in [-0.2, 0) is 11.3 Å². The van der Waals surface area contributed by atoms with Crippen LogP contribution >= 0.6 is 0 Å². The maximum atomic E-state index is 9.58. The number of rotatable bonds is 7. The van der Waals surface area contributed by atoms with Crippen molar-refractivity contribution in [2.24, 2.45) is 5.92 Å². The van der Waals surface area contributed by atoms with Gasteiger partial charge in [-0.1, -0.05) is 30.3 Å². The quantitative estimate of drug-likeness (QED) is 0.530. The van der Waals surface area contributed by atoms with Gasteiger partial charge in [-0.3, -0.25) is 0 Å². The molecule has 142 valence electrons. The Morgan fingerprint density at radius 3 is 2.43 bits per heavy atom. The predicted molar refractivity (Wildman–Crippen MR) is 107 cm³/mol. The molecule has 0 aromatic heterocycles. The van der Waals surface area contributed by atoms with E-state index in [4.69, 9.17) is 9.47 Å². The molecule has 0 radical (unpaired) electrons. The fourth-order valence-electron chi connectivity index (χ4n) is 3.16. The number of benzene rings is 2. The molecule has 2 aromatic carbocycles. The van der Waals surface area contributed by atoms with E-state index < -0.39 is 0 Å². The summed E-state index contributed by atoms with van der Waals surface area (Å²) in [5.74, 6) is 0.951. The van der Waals surface area contributed by atoms with Gasteiger partial charge >= 0.3 is 0 Å². The fourth-order valence-corrected chi connectivity index (χ4v) is 3.16. The van der Waals surface area contributed by atoms with Gasteiger partial charge in [0, 0.05) is 30.7 Å². The van der Waals surface area contributed by atoms with Gasteiger partial charge in [0.05, 0.1) is 12.1 Å². The van der Waals surface area contributed by atoms with Crippen LogP contribution in [0.15, 0.2) is 66.4 Å². The lowest BCUT2D eigenvalue weighted by Gasteiger charge is -2.24. The molecule has 0 aliphatic carbocycles. The maximum absolute atomic E-state index is 9.58. The Kier molecular flexibility index (Phi) is 7.07. The molecule has 0 unspecified atom stereocenters. The SMILES string of the molecule is N#CCN(/C=C(\C#N)C1CCOCC1)c1ccc(OCc2ccccc2)cc1. The Hall–Kier alpha value is -3.28. The van der Waals surface area contributed by atoms with Crippen LogP contribution in [0.25, 0.3) is 0 Å². The highest BCUT2D eigenvalue weighted by Gasteiger charge is 2.19. The third kappa shape index (κ3) is 5.36. The van der Waals surface area contributed by atoms with Crippen LogP contribution in [0.4, 0.5) is 5.69 Å². The number of nitrogens with zero attached hydrogens (tertiary/aromatic N) is 3. The van der Waals surface area contributed by atoms with Crippen molar-refractivity contribution in [2.75, 3.05) is 24.7 Å². The van der Waals surface area contributed by atoms with Crippen molar-refractivity contribution in [1.29, 1.82) is 10.5 Å². The van der Waals surface area contributed by atoms with Gasteiger partial charge in [-0.25, -0.2) is 0 Å². The van der Waals surface area contributed by atoms with Crippen molar-refractivity contribution in [3.8, 4) is 17.9 Å². The molecule has 2 aromatic rings. The minimum absolute atomic E-state index is 0.179. The molecule has 1 saturated heterocycles. The predicted octanol–water partition coefficient (Wildman–Crippen LogP) is 4.43. The van der Waals surface area contributed by atoms with Crippen molar-refractivity contribution in [3.05, 3.63) is 71.9 Å². The topological polar surface area (TPSA) is 69.3 Å². The Morgan fingerprint density at radius 2 is 1.79 bits per heavy atom. The van der Waals surface area contributed by atoms with Gasteiger partial charge in [0.25, 0.3) is 0 Å². The number of nitriles is 2. The van der Waals surface area contributed by atoms with Gasteiger partial charge in [0.15, 0.2) is 0 Å². The fraction of sp³-hybridized carbons (Fsp3) is 0.304. The first kappa shape index (κ1) is 19.5. The van der Waals surface area contributed by atoms with Gasteiger partial charge in [0.2, 0.25) is 0 Å². The van der Waals surface area contributed by atoms with Gasteiger partial charge in [-0.15, -0.1) is 0 Å². The zero-order valence-electron chi connectivity index (χ0n) is 15.8. The first-order valence-electron chi connectivity index (χ1n) is 9.40. The Balaban J connectivity index is 1.70. The first-order chi connectivity index (χ1) is 13.8. The summed E-state index contributed by atoms with van der Waals surface area (Å²) in [5, 5.41) is 18.8. The number of anilines is 1. The second kappa shape index (κ2) is 10.2. The van der Waals surface area contributed by atoms with Crippen molar-refractivity contribution in [2.45, 2.75) is 19.4 Å². The molecule has 0 N–H and O–H groups in total. The largest absolute Gasteiger partial charge is 0.489 e. The summed E-state index contributed by atoms with van der Waals surface area (Å²) < 4.78 is 11.2. The Morgan fingerprint density at radius 1 is 1.07 bits per heavy atom. The highest BCUT2D eigenvalue weighted by molar-refractivity contribution is 5.53. The standard InChI is InChI=1S/C23H23N3O2/c24-12-13-26(17-21(16-25)20-10-14-27-15-11-20)22-6-8-23(9-7-22)28-18-19-4-2-1-3-5-19/h1-9,17,20H,10-11,13-15,18H2/b21-17+. The van der Waals surface area contributed by atoms with E-state index in [2.05, 4.69) is 12.1 Å². The smallest absolute Gasteiger partial charge is 0.119 e. The maximum Gasteiger partial charge on any atom is 0.119 e. The summed E-state index contributed by atoms with van der Waals surface area (Å²) in [5.41, 5.74) is 2.66. The van der Waals surface area contributed by atoms with Crippen molar-refractivity contribution in [1.82, 2.24) is 0 Å². The van der Waals surface area contributed by atoms with Crippen molar-refractivity contribution in [3.63, 3.8) is 0 Å². The average molecular weight is 373 g/mol. The summed E-state index contributed by atoms with van der Waals surface area (Å²) in [6, 6.07) is 22.1. The van der Waals surface area contributed by atoms with E-state index in [1.807, 2.05) is 59.5 Å². The molecule has 0 atom stereocenters. The molecular weight excluding hydrogens is 350 g/mol. The minimum Gasteiger partial charge on any atom is -0.489 e. The monoisotopic (exact) mass is 373 g/mol. The number of hydrogen-bond donors (Lipinski definition) is 0. The molecule has 1 aliphatic heterocycles. The molecular formula is C23H23N3O2. The zero-order valence-corrected chi connectivity index (χ0v) is 15.8. The van der Waals surface area contributed by atoms with Crippen LogP contribution in [0.3, 0.4) is 0 Å². The normalized spacial score (nSPS) is 14.7. The third-order valence-corrected chi connectivity index (χ3v) is 4.74. The molecule has 0 bridgehead atoms. The molecule has 1 aliphatic rings. The van der Waals surface area contributed by atoms with Crippen LogP contribution in [0.2, 0.25) is 0 Å². The van der Waals surface area contributed by atoms with E-state index in [1.54, 1.807) is 6.20 Å². The van der Waals surface area contributed by atoms with Crippen molar-refractivity contribution >= 4 is 5.69 Å². The lowest BCUT2D eigenvalue weighted by molar-refractivity contribution is 0.0767. The molecule has 5 heteroatoms. The minimum atomic E-state index is 0.179. The highest BCUT2D eigenvalue weighted by atomic mass is 16.5. The molecule has 1 fully saturated rings. The number of allylic oxidation sites excluding steroid dienone is 1. The summed E-state index contributed by atoms with van der Waals surface area (Å²) in [7, 11) is 0. The average Bonchev–Trinajstić information content (AvgIpc) is 2.77. The van der Waals surface area contributed by atoms with Crippen LogP contribution in [0.5, 0.6) is 5.75 Å².